The summed E-state index contributed by atoms with van der Waals surface area (Å²) < 4.78 is 12.5. The van der Waals surface area contributed by atoms with E-state index >= 15 is 0 Å². The molecule has 0 heterocycles. The van der Waals surface area contributed by atoms with Crippen LogP contribution in [-0.4, -0.2) is 72.0 Å². The molecule has 1 aliphatic rings. The highest BCUT2D eigenvalue weighted by atomic mass is 127. The third-order valence-electron chi connectivity index (χ3n) is 6.31. The average Bonchev–Trinajstić information content (AvgIpc) is 2.90. The molecule has 2 amide bonds. The van der Waals surface area contributed by atoms with Gasteiger partial charge < -0.3 is 29.9 Å². The second kappa shape index (κ2) is 13.8. The lowest BCUT2D eigenvalue weighted by Gasteiger charge is -2.41. The van der Waals surface area contributed by atoms with Crippen LogP contribution in [0.1, 0.15) is 25.8 Å². The molecule has 0 saturated carbocycles. The average molecular weight is 623 g/mol. The third kappa shape index (κ3) is 7.45. The molecular formula is C28H35IN2O6. The Hall–Kier alpha value is -2.63. The molecule has 2 aromatic carbocycles. The molecule has 37 heavy (non-hydrogen) atoms. The van der Waals surface area contributed by atoms with Crippen LogP contribution in [0.15, 0.2) is 60.2 Å². The first-order valence-electron chi connectivity index (χ1n) is 12.4. The van der Waals surface area contributed by atoms with Crippen LogP contribution < -0.4 is 14.8 Å². The Morgan fingerprint density at radius 1 is 1.14 bits per heavy atom. The van der Waals surface area contributed by atoms with E-state index in [1.807, 2.05) is 56.3 Å². The smallest absolute Gasteiger partial charge is 0.247 e. The Bertz CT molecular complexity index is 1110. The number of hydrogen-bond donors (Lipinski definition) is 3. The summed E-state index contributed by atoms with van der Waals surface area (Å²) >= 11 is 2.15. The molecule has 3 N–H and O–H groups in total. The van der Waals surface area contributed by atoms with Crippen LogP contribution in [-0.2, 0) is 16.0 Å². The van der Waals surface area contributed by atoms with Crippen molar-refractivity contribution in [3.8, 4) is 11.5 Å². The molecule has 0 bridgehead atoms. The van der Waals surface area contributed by atoms with E-state index in [4.69, 9.17) is 14.6 Å². The zero-order valence-corrected chi connectivity index (χ0v) is 23.6. The number of hydrogen-bond acceptors (Lipinski definition) is 6. The molecule has 0 aliphatic heterocycles. The van der Waals surface area contributed by atoms with Crippen LogP contribution in [0.2, 0.25) is 0 Å². The molecule has 0 aromatic heterocycles. The lowest BCUT2D eigenvalue weighted by molar-refractivity contribution is -0.141. The van der Waals surface area contributed by atoms with Crippen LogP contribution >= 0.6 is 22.6 Å². The summed E-state index contributed by atoms with van der Waals surface area (Å²) in [7, 11) is 1.61. The van der Waals surface area contributed by atoms with Crippen molar-refractivity contribution in [2.24, 2.45) is 5.92 Å². The summed E-state index contributed by atoms with van der Waals surface area (Å²) in [5, 5.41) is 23.3. The van der Waals surface area contributed by atoms with Crippen LogP contribution in [0.4, 0.5) is 0 Å². The van der Waals surface area contributed by atoms with Gasteiger partial charge >= 0.3 is 0 Å². The molecule has 1 aliphatic carbocycles. The number of aliphatic hydroxyl groups excluding tert-OH is 2. The molecule has 0 fully saturated rings. The highest BCUT2D eigenvalue weighted by molar-refractivity contribution is 14.1. The van der Waals surface area contributed by atoms with Crippen LogP contribution in [0.3, 0.4) is 0 Å². The van der Waals surface area contributed by atoms with Crippen molar-refractivity contribution in [2.75, 3.05) is 26.8 Å². The molecule has 200 valence electrons. The van der Waals surface area contributed by atoms with Gasteiger partial charge in [-0.2, -0.15) is 0 Å². The fourth-order valence-corrected chi connectivity index (χ4v) is 4.90. The van der Waals surface area contributed by atoms with Crippen molar-refractivity contribution in [2.45, 2.75) is 44.9 Å². The summed E-state index contributed by atoms with van der Waals surface area (Å²) in [6, 6.07) is 14.4. The second-order valence-electron chi connectivity index (χ2n) is 9.19. The topological polar surface area (TPSA) is 108 Å². The number of aliphatic hydroxyl groups is 2. The summed E-state index contributed by atoms with van der Waals surface area (Å²) in [5.41, 5.74) is 1.35. The number of carbonyl (C=O) groups is 2. The number of carbonyl (C=O) groups excluding carboxylic acids is 2. The van der Waals surface area contributed by atoms with Gasteiger partial charge in [-0.15, -0.1) is 0 Å². The maximum atomic E-state index is 13.4. The van der Waals surface area contributed by atoms with Crippen LogP contribution in [0, 0.1) is 9.49 Å². The predicted molar refractivity (Wildman–Crippen MR) is 149 cm³/mol. The van der Waals surface area contributed by atoms with Gasteiger partial charge in [0.15, 0.2) is 0 Å². The lowest BCUT2D eigenvalue weighted by Crippen LogP contribution is -2.56. The second-order valence-corrected chi connectivity index (χ2v) is 10.4. The number of rotatable bonds is 11. The van der Waals surface area contributed by atoms with E-state index in [1.54, 1.807) is 24.2 Å². The Kier molecular flexibility index (Phi) is 10.8. The minimum absolute atomic E-state index is 0.105. The van der Waals surface area contributed by atoms with Crippen molar-refractivity contribution in [1.29, 1.82) is 0 Å². The van der Waals surface area contributed by atoms with E-state index in [2.05, 4.69) is 27.9 Å². The Balaban J connectivity index is 1.94. The van der Waals surface area contributed by atoms with Crippen molar-refractivity contribution in [3.63, 3.8) is 0 Å². The maximum absolute atomic E-state index is 13.4. The number of nitrogens with one attached hydrogen (secondary N) is 1. The number of amides is 2. The van der Waals surface area contributed by atoms with Gasteiger partial charge in [-0.3, -0.25) is 9.59 Å². The van der Waals surface area contributed by atoms with Gasteiger partial charge in [0.1, 0.15) is 23.7 Å². The van der Waals surface area contributed by atoms with Gasteiger partial charge in [0.25, 0.3) is 0 Å². The van der Waals surface area contributed by atoms with Gasteiger partial charge in [-0.1, -0.05) is 44.2 Å². The van der Waals surface area contributed by atoms with Crippen LogP contribution in [0.5, 0.6) is 11.5 Å². The standard InChI is InChI=1S/C28H35IN2O6/c1-18(2)28(35)31(14-12-19-8-4-6-10-23(19)36-3)22-16-20(27(34)30-13-15-32)17-25(26(22)33)37-24-11-7-5-9-21(24)29/h4-11,17-18,22,25-26,32-33H,12-16H2,1-3H3,(H,30,34). The van der Waals surface area contributed by atoms with E-state index in [9.17, 15) is 14.7 Å². The number of halogens is 1. The fraction of sp³-hybridized carbons (Fsp3) is 0.429. The number of nitrogens with zero attached hydrogens (tertiary/aromatic N) is 1. The molecule has 9 heteroatoms. The molecule has 8 nitrogen and oxygen atoms in total. The summed E-state index contributed by atoms with van der Waals surface area (Å²) in [6.45, 7) is 3.88. The van der Waals surface area contributed by atoms with E-state index in [1.165, 1.54) is 0 Å². The molecule has 3 atom stereocenters. The van der Waals surface area contributed by atoms with E-state index in [-0.39, 0.29) is 37.3 Å². The lowest BCUT2D eigenvalue weighted by atomic mass is 9.87. The van der Waals surface area contributed by atoms with Crippen molar-refractivity contribution >= 4 is 34.4 Å². The first-order valence-corrected chi connectivity index (χ1v) is 13.5. The first kappa shape index (κ1) is 28.9. The largest absolute Gasteiger partial charge is 0.496 e. The molecule has 0 spiro atoms. The van der Waals surface area contributed by atoms with Gasteiger partial charge in [0, 0.05) is 31.0 Å². The number of benzene rings is 2. The van der Waals surface area contributed by atoms with Gasteiger partial charge in [0.2, 0.25) is 11.8 Å². The monoisotopic (exact) mass is 622 g/mol. The fourth-order valence-electron chi connectivity index (χ4n) is 4.39. The van der Waals surface area contributed by atoms with Crippen molar-refractivity contribution in [3.05, 3.63) is 69.3 Å². The van der Waals surface area contributed by atoms with Crippen LogP contribution in [0.25, 0.3) is 0 Å². The van der Waals surface area contributed by atoms with Gasteiger partial charge in [-0.25, -0.2) is 0 Å². The Morgan fingerprint density at radius 2 is 1.81 bits per heavy atom. The molecule has 3 rings (SSSR count). The SMILES string of the molecule is COc1ccccc1CCN(C(=O)C(C)C)C1CC(C(=O)NCCO)=CC(Oc2ccccc2I)C1O. The number of para-hydroxylation sites is 2. The Morgan fingerprint density at radius 3 is 2.46 bits per heavy atom. The summed E-state index contributed by atoms with van der Waals surface area (Å²) in [6.07, 6.45) is 0.386. The highest BCUT2D eigenvalue weighted by Crippen LogP contribution is 2.31. The number of methoxy groups -OCH3 is 1. The summed E-state index contributed by atoms with van der Waals surface area (Å²) in [4.78, 5) is 28.0. The molecular weight excluding hydrogens is 587 g/mol. The van der Waals surface area contributed by atoms with E-state index in [0.717, 1.165) is 14.9 Å². The number of ether oxygens (including phenoxy) is 2. The van der Waals surface area contributed by atoms with E-state index < -0.39 is 18.2 Å². The summed E-state index contributed by atoms with van der Waals surface area (Å²) in [5.74, 6) is 0.521. The van der Waals surface area contributed by atoms with Crippen molar-refractivity contribution in [1.82, 2.24) is 10.2 Å². The minimum atomic E-state index is -1.06. The normalized spacial score (nSPS) is 19.2. The third-order valence-corrected chi connectivity index (χ3v) is 7.20. The maximum Gasteiger partial charge on any atom is 0.247 e. The molecule has 0 radical (unpaired) electrons. The first-order chi connectivity index (χ1) is 17.8. The zero-order chi connectivity index (χ0) is 26.9. The van der Waals surface area contributed by atoms with Crippen molar-refractivity contribution < 1.29 is 29.3 Å². The predicted octanol–water partition coefficient (Wildman–Crippen LogP) is 2.94. The van der Waals surface area contributed by atoms with Gasteiger partial charge in [0.05, 0.1) is 23.3 Å². The van der Waals surface area contributed by atoms with Gasteiger partial charge in [-0.05, 0) is 58.9 Å². The zero-order valence-electron chi connectivity index (χ0n) is 21.4. The highest BCUT2D eigenvalue weighted by Gasteiger charge is 2.41. The molecule has 3 unspecified atom stereocenters. The molecule has 0 saturated heterocycles. The Labute approximate surface area is 231 Å². The quantitative estimate of drug-likeness (QED) is 0.333. The molecule has 2 aromatic rings. The van der Waals surface area contributed by atoms with E-state index in [0.29, 0.717) is 24.3 Å². The minimum Gasteiger partial charge on any atom is -0.496 e.